The number of hydrogen-bond acceptors (Lipinski definition) is 2. The van der Waals surface area contributed by atoms with Crippen LogP contribution in [0.15, 0.2) is 0 Å². The van der Waals surface area contributed by atoms with Gasteiger partial charge in [0.1, 0.15) is 0 Å². The maximum absolute atomic E-state index is 10.6. The van der Waals surface area contributed by atoms with Crippen LogP contribution in [0.25, 0.3) is 0 Å². The lowest BCUT2D eigenvalue weighted by molar-refractivity contribution is 0.237. The van der Waals surface area contributed by atoms with Gasteiger partial charge in [0.2, 0.25) is 0 Å². The number of carbonyl (C=O) groups excluding carboxylic acids is 1. The second-order valence-electron chi connectivity index (χ2n) is 2.66. The maximum atomic E-state index is 10.6. The zero-order valence-electron chi connectivity index (χ0n) is 7.18. The molecule has 0 saturated carbocycles. The van der Waals surface area contributed by atoms with Crippen molar-refractivity contribution >= 4 is 6.03 Å². The van der Waals surface area contributed by atoms with Crippen LogP contribution in [0.4, 0.5) is 4.79 Å². The SMILES string of the molecule is CCCCC(C)NC(=O)NN. The summed E-state index contributed by atoms with van der Waals surface area (Å²) in [5.41, 5.74) is 2.02. The molecule has 0 aliphatic carbocycles. The smallest absolute Gasteiger partial charge is 0.329 e. The van der Waals surface area contributed by atoms with Gasteiger partial charge in [-0.2, -0.15) is 0 Å². The van der Waals surface area contributed by atoms with Crippen LogP contribution in [-0.4, -0.2) is 12.1 Å². The normalized spacial score (nSPS) is 12.3. The summed E-state index contributed by atoms with van der Waals surface area (Å²) in [6, 6.07) is -0.105. The van der Waals surface area contributed by atoms with Gasteiger partial charge in [-0.05, 0) is 13.3 Å². The molecule has 0 heterocycles. The van der Waals surface area contributed by atoms with Crippen LogP contribution >= 0.6 is 0 Å². The summed E-state index contributed by atoms with van der Waals surface area (Å²) >= 11 is 0. The Bertz CT molecular complexity index is 116. The molecule has 0 radical (unpaired) electrons. The van der Waals surface area contributed by atoms with Gasteiger partial charge in [0.25, 0.3) is 0 Å². The molecule has 0 aromatic carbocycles. The Kier molecular flexibility index (Phi) is 5.56. The second kappa shape index (κ2) is 5.97. The number of hydrazine groups is 1. The minimum atomic E-state index is -0.311. The van der Waals surface area contributed by atoms with Crippen LogP contribution in [0, 0.1) is 0 Å². The number of rotatable bonds is 4. The molecule has 0 aliphatic heterocycles. The average Bonchev–Trinajstić information content (AvgIpc) is 2.00. The van der Waals surface area contributed by atoms with Crippen molar-refractivity contribution in [2.24, 2.45) is 5.84 Å². The van der Waals surface area contributed by atoms with Crippen molar-refractivity contribution < 1.29 is 4.79 Å². The summed E-state index contributed by atoms with van der Waals surface area (Å²) in [6.45, 7) is 4.08. The fourth-order valence-corrected chi connectivity index (χ4v) is 0.848. The Labute approximate surface area is 67.5 Å². The highest BCUT2D eigenvalue weighted by Gasteiger charge is 2.03. The minimum absolute atomic E-state index is 0.207. The minimum Gasteiger partial charge on any atom is -0.335 e. The molecule has 0 aromatic rings. The number of hydrogen-bond donors (Lipinski definition) is 3. The first-order chi connectivity index (χ1) is 5.20. The highest BCUT2D eigenvalue weighted by Crippen LogP contribution is 1.98. The zero-order valence-corrected chi connectivity index (χ0v) is 7.18. The molecule has 0 saturated heterocycles. The van der Waals surface area contributed by atoms with Crippen molar-refractivity contribution in [1.82, 2.24) is 10.7 Å². The molecule has 0 rings (SSSR count). The first-order valence-corrected chi connectivity index (χ1v) is 3.97. The monoisotopic (exact) mass is 159 g/mol. The van der Waals surface area contributed by atoms with E-state index < -0.39 is 0 Å². The second-order valence-corrected chi connectivity index (χ2v) is 2.66. The topological polar surface area (TPSA) is 67.2 Å². The van der Waals surface area contributed by atoms with Crippen molar-refractivity contribution in [2.45, 2.75) is 39.2 Å². The third-order valence-corrected chi connectivity index (χ3v) is 1.50. The van der Waals surface area contributed by atoms with Crippen LogP contribution in [-0.2, 0) is 0 Å². The molecule has 11 heavy (non-hydrogen) atoms. The van der Waals surface area contributed by atoms with Crippen LogP contribution < -0.4 is 16.6 Å². The molecule has 1 atom stereocenters. The van der Waals surface area contributed by atoms with E-state index in [2.05, 4.69) is 12.2 Å². The molecule has 0 aromatic heterocycles. The lowest BCUT2D eigenvalue weighted by Gasteiger charge is -2.11. The van der Waals surface area contributed by atoms with E-state index in [1.807, 2.05) is 12.3 Å². The van der Waals surface area contributed by atoms with Crippen LogP contribution in [0.1, 0.15) is 33.1 Å². The summed E-state index contributed by atoms with van der Waals surface area (Å²) in [4.78, 5) is 10.6. The molecule has 2 amide bonds. The molecule has 0 fully saturated rings. The first kappa shape index (κ1) is 10.2. The van der Waals surface area contributed by atoms with Crippen molar-refractivity contribution in [3.8, 4) is 0 Å². The van der Waals surface area contributed by atoms with Crippen molar-refractivity contribution in [3.05, 3.63) is 0 Å². The van der Waals surface area contributed by atoms with Crippen molar-refractivity contribution in [1.29, 1.82) is 0 Å². The maximum Gasteiger partial charge on any atom is 0.329 e. The van der Waals surface area contributed by atoms with Gasteiger partial charge in [0.05, 0.1) is 0 Å². The van der Waals surface area contributed by atoms with E-state index in [9.17, 15) is 4.79 Å². The van der Waals surface area contributed by atoms with Gasteiger partial charge < -0.3 is 5.32 Å². The number of nitrogens with two attached hydrogens (primary N) is 1. The largest absolute Gasteiger partial charge is 0.335 e. The number of carbonyl (C=O) groups is 1. The van der Waals surface area contributed by atoms with E-state index in [1.54, 1.807) is 0 Å². The Morgan fingerprint density at radius 2 is 2.27 bits per heavy atom. The van der Waals surface area contributed by atoms with E-state index in [1.165, 1.54) is 0 Å². The quantitative estimate of drug-likeness (QED) is 0.322. The van der Waals surface area contributed by atoms with Crippen molar-refractivity contribution in [3.63, 3.8) is 0 Å². The Morgan fingerprint density at radius 1 is 1.64 bits per heavy atom. The van der Waals surface area contributed by atoms with E-state index in [-0.39, 0.29) is 12.1 Å². The molecule has 0 bridgehead atoms. The molecule has 4 N–H and O–H groups in total. The van der Waals surface area contributed by atoms with Gasteiger partial charge in [-0.25, -0.2) is 10.6 Å². The fourth-order valence-electron chi connectivity index (χ4n) is 0.848. The van der Waals surface area contributed by atoms with E-state index in [0.717, 1.165) is 19.3 Å². The molecular formula is C7H17N3O. The van der Waals surface area contributed by atoms with Gasteiger partial charge in [-0.3, -0.25) is 5.43 Å². The summed E-state index contributed by atoms with van der Waals surface area (Å²) < 4.78 is 0. The lowest BCUT2D eigenvalue weighted by Crippen LogP contribution is -2.43. The predicted molar refractivity (Wildman–Crippen MR) is 44.8 cm³/mol. The number of nitrogens with one attached hydrogen (secondary N) is 2. The highest BCUT2D eigenvalue weighted by molar-refractivity contribution is 5.73. The van der Waals surface area contributed by atoms with Crippen molar-refractivity contribution in [2.75, 3.05) is 0 Å². The van der Waals surface area contributed by atoms with Gasteiger partial charge in [-0.15, -0.1) is 0 Å². The molecular weight excluding hydrogens is 142 g/mol. The van der Waals surface area contributed by atoms with Gasteiger partial charge in [0.15, 0.2) is 0 Å². The summed E-state index contributed by atoms with van der Waals surface area (Å²) in [7, 11) is 0. The van der Waals surface area contributed by atoms with E-state index in [0.29, 0.717) is 0 Å². The standard InChI is InChI=1S/C7H17N3O/c1-3-4-5-6(2)9-7(11)10-8/h6H,3-5,8H2,1-2H3,(H2,9,10,11). The average molecular weight is 159 g/mol. The Balaban J connectivity index is 3.35. The molecule has 66 valence electrons. The van der Waals surface area contributed by atoms with Gasteiger partial charge in [-0.1, -0.05) is 19.8 Å². The predicted octanol–water partition coefficient (Wildman–Crippen LogP) is 0.738. The first-order valence-electron chi connectivity index (χ1n) is 3.97. The summed E-state index contributed by atoms with van der Waals surface area (Å²) in [6.07, 6.45) is 3.28. The Hall–Kier alpha value is -0.770. The van der Waals surface area contributed by atoms with E-state index in [4.69, 9.17) is 5.84 Å². The van der Waals surface area contributed by atoms with Crippen LogP contribution in [0.2, 0.25) is 0 Å². The third kappa shape index (κ3) is 5.66. The van der Waals surface area contributed by atoms with Crippen LogP contribution in [0.3, 0.4) is 0 Å². The van der Waals surface area contributed by atoms with Crippen LogP contribution in [0.5, 0.6) is 0 Å². The summed E-state index contributed by atoms with van der Waals surface area (Å²) in [5.74, 6) is 4.89. The van der Waals surface area contributed by atoms with Gasteiger partial charge in [0, 0.05) is 6.04 Å². The van der Waals surface area contributed by atoms with E-state index >= 15 is 0 Å². The molecule has 0 spiro atoms. The fraction of sp³-hybridized carbons (Fsp3) is 0.857. The number of amides is 2. The zero-order chi connectivity index (χ0) is 8.69. The Morgan fingerprint density at radius 3 is 2.73 bits per heavy atom. The molecule has 1 unspecified atom stereocenters. The third-order valence-electron chi connectivity index (χ3n) is 1.50. The lowest BCUT2D eigenvalue weighted by atomic mass is 10.1. The molecule has 4 heteroatoms. The van der Waals surface area contributed by atoms with Gasteiger partial charge >= 0.3 is 6.03 Å². The number of unbranched alkanes of at least 4 members (excludes halogenated alkanes) is 1. The molecule has 0 aliphatic rings. The number of urea groups is 1. The highest BCUT2D eigenvalue weighted by atomic mass is 16.2. The summed E-state index contributed by atoms with van der Waals surface area (Å²) in [5, 5.41) is 2.69. The molecule has 4 nitrogen and oxygen atoms in total.